The zero-order valence-electron chi connectivity index (χ0n) is 19.3. The molecule has 180 valence electrons. The Morgan fingerprint density at radius 2 is 1.71 bits per heavy atom. The van der Waals surface area contributed by atoms with Gasteiger partial charge in [0.1, 0.15) is 11.3 Å². The van der Waals surface area contributed by atoms with Crippen LogP contribution < -0.4 is 9.64 Å². The van der Waals surface area contributed by atoms with Crippen molar-refractivity contribution in [3.8, 4) is 5.75 Å². The van der Waals surface area contributed by atoms with E-state index in [1.165, 1.54) is 11.3 Å². The van der Waals surface area contributed by atoms with Crippen LogP contribution in [0.5, 0.6) is 5.75 Å². The van der Waals surface area contributed by atoms with Crippen molar-refractivity contribution >= 4 is 65.6 Å². The number of likely N-dealkylation sites (N-methyl/N-ethyl adjacent to an activating group) is 1. The Labute approximate surface area is 209 Å². The Kier molecular flexibility index (Phi) is 7.82. The molecule has 1 amide bonds. The van der Waals surface area contributed by atoms with Crippen molar-refractivity contribution < 1.29 is 17.9 Å². The molecule has 0 fully saturated rings. The molecular formula is C24H26ClN3O4S2. The van der Waals surface area contributed by atoms with Crippen LogP contribution in [-0.2, 0) is 9.84 Å². The lowest BCUT2D eigenvalue weighted by molar-refractivity contribution is 0.0982. The van der Waals surface area contributed by atoms with E-state index < -0.39 is 9.84 Å². The second-order valence-electron chi connectivity index (χ2n) is 8.03. The molecule has 0 aliphatic rings. The number of halogens is 1. The summed E-state index contributed by atoms with van der Waals surface area (Å²) in [5.41, 5.74) is 0.811. The van der Waals surface area contributed by atoms with E-state index in [0.29, 0.717) is 39.8 Å². The van der Waals surface area contributed by atoms with Crippen molar-refractivity contribution in [3.63, 3.8) is 0 Å². The van der Waals surface area contributed by atoms with Crippen LogP contribution in [0.15, 0.2) is 59.5 Å². The average Bonchev–Trinajstić information content (AvgIpc) is 3.21. The molecule has 4 aromatic rings. The molecule has 0 aliphatic carbocycles. The summed E-state index contributed by atoms with van der Waals surface area (Å²) in [7, 11) is 1.94. The van der Waals surface area contributed by atoms with Crippen LogP contribution in [0.2, 0.25) is 0 Å². The number of ether oxygens (including phenoxy) is 1. The molecule has 0 saturated carbocycles. The van der Waals surface area contributed by atoms with Crippen molar-refractivity contribution in [2.24, 2.45) is 0 Å². The Morgan fingerprint density at radius 1 is 1.03 bits per heavy atom. The third-order valence-corrected chi connectivity index (χ3v) is 7.49. The largest absolute Gasteiger partial charge is 0.496 e. The number of carbonyl (C=O) groups excluding carboxylic acids is 1. The molecule has 0 unspecified atom stereocenters. The molecule has 34 heavy (non-hydrogen) atoms. The van der Waals surface area contributed by atoms with Crippen LogP contribution in [-0.4, -0.2) is 64.8 Å². The SMILES string of the molecule is COc1cc2ccccc2cc1C(=O)N(CCN(C)C)c1nc2c(S(C)(=O)=O)cccc2s1.Cl. The van der Waals surface area contributed by atoms with Gasteiger partial charge in [-0.15, -0.1) is 12.4 Å². The molecular weight excluding hydrogens is 494 g/mol. The normalized spacial score (nSPS) is 11.6. The highest BCUT2D eigenvalue weighted by Gasteiger charge is 2.26. The highest BCUT2D eigenvalue weighted by molar-refractivity contribution is 7.91. The van der Waals surface area contributed by atoms with E-state index >= 15 is 0 Å². The number of thiazole rings is 1. The molecule has 1 heterocycles. The summed E-state index contributed by atoms with van der Waals surface area (Å²) in [5.74, 6) is 0.228. The number of amides is 1. The Bertz CT molecular complexity index is 1450. The van der Waals surface area contributed by atoms with Crippen molar-refractivity contribution in [2.75, 3.05) is 45.5 Å². The summed E-state index contributed by atoms with van der Waals surface area (Å²) in [6, 6.07) is 16.5. The van der Waals surface area contributed by atoms with Gasteiger partial charge in [0.2, 0.25) is 0 Å². The number of para-hydroxylation sites is 1. The van der Waals surface area contributed by atoms with E-state index in [1.807, 2.05) is 61.5 Å². The van der Waals surface area contributed by atoms with E-state index in [4.69, 9.17) is 4.74 Å². The Hall–Kier alpha value is -2.72. The third-order valence-electron chi connectivity index (χ3n) is 5.32. The molecule has 0 bridgehead atoms. The molecule has 10 heteroatoms. The Morgan fingerprint density at radius 3 is 2.32 bits per heavy atom. The number of nitrogens with zero attached hydrogens (tertiary/aromatic N) is 3. The van der Waals surface area contributed by atoms with Crippen molar-refractivity contribution in [3.05, 3.63) is 60.2 Å². The maximum atomic E-state index is 13.8. The van der Waals surface area contributed by atoms with E-state index in [1.54, 1.807) is 24.1 Å². The fourth-order valence-electron chi connectivity index (χ4n) is 3.61. The number of anilines is 1. The lowest BCUT2D eigenvalue weighted by Gasteiger charge is -2.23. The van der Waals surface area contributed by atoms with Gasteiger partial charge in [-0.05, 0) is 49.1 Å². The summed E-state index contributed by atoms with van der Waals surface area (Å²) in [5, 5.41) is 2.35. The van der Waals surface area contributed by atoms with Gasteiger partial charge < -0.3 is 9.64 Å². The molecule has 1 aromatic heterocycles. The zero-order valence-corrected chi connectivity index (χ0v) is 21.8. The van der Waals surface area contributed by atoms with E-state index in [2.05, 4.69) is 4.98 Å². The topological polar surface area (TPSA) is 79.8 Å². The van der Waals surface area contributed by atoms with Crippen molar-refractivity contribution in [1.29, 1.82) is 0 Å². The summed E-state index contributed by atoms with van der Waals surface area (Å²) < 4.78 is 30.8. The van der Waals surface area contributed by atoms with Crippen LogP contribution >= 0.6 is 23.7 Å². The number of fused-ring (bicyclic) bond motifs is 2. The van der Waals surface area contributed by atoms with Crippen LogP contribution in [0.1, 0.15) is 10.4 Å². The van der Waals surface area contributed by atoms with Gasteiger partial charge in [0.15, 0.2) is 15.0 Å². The molecule has 0 saturated heterocycles. The first-order valence-corrected chi connectivity index (χ1v) is 13.0. The molecule has 0 N–H and O–H groups in total. The number of carbonyl (C=O) groups is 1. The highest BCUT2D eigenvalue weighted by Crippen LogP contribution is 2.35. The maximum Gasteiger partial charge on any atom is 0.263 e. The number of benzene rings is 3. The van der Waals surface area contributed by atoms with E-state index in [9.17, 15) is 13.2 Å². The minimum Gasteiger partial charge on any atom is -0.496 e. The van der Waals surface area contributed by atoms with Crippen molar-refractivity contribution in [1.82, 2.24) is 9.88 Å². The molecule has 7 nitrogen and oxygen atoms in total. The number of aromatic nitrogens is 1. The monoisotopic (exact) mass is 519 g/mol. The number of methoxy groups -OCH3 is 1. The van der Waals surface area contributed by atoms with Gasteiger partial charge in [0, 0.05) is 19.3 Å². The number of sulfone groups is 1. The van der Waals surface area contributed by atoms with Gasteiger partial charge in [-0.25, -0.2) is 13.4 Å². The van der Waals surface area contributed by atoms with Crippen molar-refractivity contribution in [2.45, 2.75) is 4.90 Å². The average molecular weight is 520 g/mol. The predicted molar refractivity (Wildman–Crippen MR) is 141 cm³/mol. The van der Waals surface area contributed by atoms with Gasteiger partial charge >= 0.3 is 0 Å². The second-order valence-corrected chi connectivity index (χ2v) is 11.0. The smallest absolute Gasteiger partial charge is 0.263 e. The van der Waals surface area contributed by atoms with Gasteiger partial charge in [-0.2, -0.15) is 0 Å². The van der Waals surface area contributed by atoms with Crippen LogP contribution in [0.3, 0.4) is 0 Å². The van der Waals surface area contributed by atoms with Gasteiger partial charge in [0.25, 0.3) is 5.91 Å². The molecule has 0 atom stereocenters. The second kappa shape index (κ2) is 10.3. The molecule has 3 aromatic carbocycles. The van der Waals surface area contributed by atoms with Crippen LogP contribution in [0.4, 0.5) is 5.13 Å². The minimum atomic E-state index is -3.46. The summed E-state index contributed by atoms with van der Waals surface area (Å²) in [6.07, 6.45) is 1.16. The van der Waals surface area contributed by atoms with E-state index in [0.717, 1.165) is 17.0 Å². The number of hydrogen-bond acceptors (Lipinski definition) is 7. The first-order valence-electron chi connectivity index (χ1n) is 10.3. The maximum absolute atomic E-state index is 13.8. The Balaban J connectivity index is 0.00000324. The standard InChI is InChI=1S/C24H25N3O4S2.ClH/c1-26(2)12-13-27(24-25-22-20(32-24)10-7-11-21(22)33(4,29)30)23(28)18-14-16-8-5-6-9-17(16)15-19(18)31-3;/h5-11,14-15H,12-13H2,1-4H3;1H. The molecule has 0 spiro atoms. The number of rotatable bonds is 7. The van der Waals surface area contributed by atoms with E-state index in [-0.39, 0.29) is 23.2 Å². The van der Waals surface area contributed by atoms with Gasteiger partial charge in [-0.3, -0.25) is 9.69 Å². The number of hydrogen-bond donors (Lipinski definition) is 0. The summed E-state index contributed by atoms with van der Waals surface area (Å²) in [4.78, 5) is 22.2. The van der Waals surface area contributed by atoms with Gasteiger partial charge in [0.05, 0.1) is 22.3 Å². The lowest BCUT2D eigenvalue weighted by Crippen LogP contribution is -2.37. The first kappa shape index (κ1) is 25.9. The highest BCUT2D eigenvalue weighted by atomic mass is 35.5. The molecule has 0 aliphatic heterocycles. The molecule has 4 rings (SSSR count). The molecule has 0 radical (unpaired) electrons. The van der Waals surface area contributed by atoms with Crippen LogP contribution in [0, 0.1) is 0 Å². The fourth-order valence-corrected chi connectivity index (χ4v) is 5.53. The quantitative estimate of drug-likeness (QED) is 0.358. The third kappa shape index (κ3) is 5.17. The predicted octanol–water partition coefficient (Wildman–Crippen LogP) is 4.49. The first-order chi connectivity index (χ1) is 15.7. The fraction of sp³-hybridized carbons (Fsp3) is 0.250. The van der Waals surface area contributed by atoms with Crippen LogP contribution in [0.25, 0.3) is 21.0 Å². The van der Waals surface area contributed by atoms with Gasteiger partial charge in [-0.1, -0.05) is 41.7 Å². The lowest BCUT2D eigenvalue weighted by atomic mass is 10.0. The zero-order chi connectivity index (χ0) is 23.8. The minimum absolute atomic E-state index is 0. The summed E-state index contributed by atoms with van der Waals surface area (Å²) in [6.45, 7) is 0.992. The summed E-state index contributed by atoms with van der Waals surface area (Å²) >= 11 is 1.30.